The molecule has 0 fully saturated rings. The normalized spacial score (nSPS) is 13.2. The van der Waals surface area contributed by atoms with E-state index in [1.807, 2.05) is 27.7 Å². The number of allylic oxidation sites excluding steroid dienone is 2. The molecule has 3 N–H and O–H groups in total. The summed E-state index contributed by atoms with van der Waals surface area (Å²) in [4.78, 5) is 25.4. The van der Waals surface area contributed by atoms with Gasteiger partial charge in [-0.1, -0.05) is 47.1 Å². The first-order valence-corrected chi connectivity index (χ1v) is 10.2. The number of carbonyl (C=O) groups excluding carboxylic acids is 2. The Bertz CT molecular complexity index is 682. The second-order valence-corrected chi connectivity index (χ2v) is 6.31. The molecule has 1 atom stereocenters. The molecule has 0 bridgehead atoms. The van der Waals surface area contributed by atoms with Crippen LogP contribution in [-0.4, -0.2) is 41.8 Å². The number of anilines is 1. The third-order valence-corrected chi connectivity index (χ3v) is 3.99. The molecule has 1 aromatic carbocycles. The van der Waals surface area contributed by atoms with Gasteiger partial charge in [0, 0.05) is 25.8 Å². The van der Waals surface area contributed by atoms with Crippen molar-refractivity contribution < 1.29 is 14.7 Å². The molecule has 6 heteroatoms. The Labute approximate surface area is 170 Å². The highest BCUT2D eigenvalue weighted by Crippen LogP contribution is 2.32. The maximum Gasteiger partial charge on any atom is 0.257 e. The van der Waals surface area contributed by atoms with Crippen LogP contribution >= 0.6 is 0 Å². The quantitative estimate of drug-likeness (QED) is 0.595. The summed E-state index contributed by atoms with van der Waals surface area (Å²) in [5, 5.41) is 16.7. The molecule has 0 saturated heterocycles. The lowest BCUT2D eigenvalue weighted by Gasteiger charge is -2.28. The smallest absolute Gasteiger partial charge is 0.257 e. The summed E-state index contributed by atoms with van der Waals surface area (Å²) in [5.41, 5.74) is 1.87. The van der Waals surface area contributed by atoms with Crippen molar-refractivity contribution in [3.8, 4) is 5.75 Å². The molecule has 0 aromatic heterocycles. The van der Waals surface area contributed by atoms with E-state index in [1.165, 1.54) is 4.90 Å². The number of rotatable bonds is 7. The number of phenols is 1. The minimum absolute atomic E-state index is 0.00932. The average molecular weight is 392 g/mol. The minimum atomic E-state index is -0.292. The van der Waals surface area contributed by atoms with Gasteiger partial charge in [-0.05, 0) is 25.5 Å². The van der Waals surface area contributed by atoms with Crippen molar-refractivity contribution in [2.24, 2.45) is 0 Å². The van der Waals surface area contributed by atoms with E-state index in [0.717, 1.165) is 18.5 Å². The van der Waals surface area contributed by atoms with E-state index in [9.17, 15) is 14.7 Å². The Morgan fingerprint density at radius 3 is 2.32 bits per heavy atom. The number of aromatic hydroxyl groups is 1. The van der Waals surface area contributed by atoms with Crippen LogP contribution in [0.4, 0.5) is 5.69 Å². The van der Waals surface area contributed by atoms with Crippen LogP contribution in [-0.2, 0) is 4.79 Å². The van der Waals surface area contributed by atoms with Crippen molar-refractivity contribution in [1.82, 2.24) is 10.2 Å². The van der Waals surface area contributed by atoms with Gasteiger partial charge in [-0.2, -0.15) is 0 Å². The van der Waals surface area contributed by atoms with Crippen LogP contribution in [0.5, 0.6) is 5.75 Å². The lowest BCUT2D eigenvalue weighted by atomic mass is 9.97. The van der Waals surface area contributed by atoms with Crippen LogP contribution < -0.4 is 10.6 Å². The number of nitrogens with one attached hydrogen (secondary N) is 2. The molecule has 158 valence electrons. The van der Waals surface area contributed by atoms with E-state index in [-0.39, 0.29) is 29.0 Å². The monoisotopic (exact) mass is 391 g/mol. The summed E-state index contributed by atoms with van der Waals surface area (Å²) in [5.74, 6) is -0.450. The molecule has 1 aliphatic rings. The molecule has 0 spiro atoms. The predicted octanol–water partition coefficient (Wildman–Crippen LogP) is 4.52. The van der Waals surface area contributed by atoms with E-state index in [0.29, 0.717) is 17.8 Å². The zero-order chi connectivity index (χ0) is 21.9. The van der Waals surface area contributed by atoms with Crippen LogP contribution in [0.2, 0.25) is 0 Å². The van der Waals surface area contributed by atoms with Crippen molar-refractivity contribution in [2.45, 2.75) is 66.8 Å². The summed E-state index contributed by atoms with van der Waals surface area (Å²) in [6.45, 7) is 12.2. The van der Waals surface area contributed by atoms with Crippen molar-refractivity contribution >= 4 is 17.4 Å². The second-order valence-electron chi connectivity index (χ2n) is 6.31. The highest BCUT2D eigenvalue weighted by atomic mass is 16.3. The number of phenolic OH excluding ortho intramolecular Hbond substituents is 1. The first kappa shape index (κ1) is 25.5. The SMILES string of the molecule is CC.CC.CCCC(C)NC1=C(Nc2cccc(C(=O)N(C)C)c2O)C(=O)C1. The van der Waals surface area contributed by atoms with Gasteiger partial charge in [0.1, 0.15) is 5.70 Å². The highest BCUT2D eigenvalue weighted by molar-refractivity contribution is 6.07. The number of nitrogens with zero attached hydrogens (tertiary/aromatic N) is 1. The predicted molar refractivity (Wildman–Crippen MR) is 117 cm³/mol. The fraction of sp³-hybridized carbons (Fsp3) is 0.545. The maximum atomic E-state index is 12.1. The molecule has 1 amide bonds. The molecule has 0 heterocycles. The van der Waals surface area contributed by atoms with Gasteiger partial charge in [0.25, 0.3) is 5.91 Å². The average Bonchev–Trinajstić information content (AvgIpc) is 2.69. The molecule has 2 rings (SSSR count). The summed E-state index contributed by atoms with van der Waals surface area (Å²) in [7, 11) is 3.24. The van der Waals surface area contributed by atoms with Crippen LogP contribution in [0.25, 0.3) is 0 Å². The van der Waals surface area contributed by atoms with Crippen LogP contribution in [0.15, 0.2) is 29.6 Å². The van der Waals surface area contributed by atoms with Crippen molar-refractivity contribution in [2.75, 3.05) is 19.4 Å². The third-order valence-electron chi connectivity index (χ3n) is 3.99. The van der Waals surface area contributed by atoms with E-state index in [1.54, 1.807) is 32.3 Å². The molecule has 1 aromatic rings. The Morgan fingerprint density at radius 1 is 1.21 bits per heavy atom. The Kier molecular flexibility index (Phi) is 11.7. The van der Waals surface area contributed by atoms with Crippen LogP contribution in [0.3, 0.4) is 0 Å². The Hall–Kier alpha value is -2.50. The molecule has 0 aliphatic heterocycles. The Balaban J connectivity index is 0.00000171. The number of hydrogen-bond acceptors (Lipinski definition) is 5. The van der Waals surface area contributed by atoms with Gasteiger partial charge in [0.05, 0.1) is 17.7 Å². The zero-order valence-corrected chi connectivity index (χ0v) is 18.6. The topological polar surface area (TPSA) is 81.7 Å². The molecule has 0 radical (unpaired) electrons. The molecular weight excluding hydrogens is 354 g/mol. The second kappa shape index (κ2) is 12.8. The van der Waals surface area contributed by atoms with Gasteiger partial charge >= 0.3 is 0 Å². The summed E-state index contributed by atoms with van der Waals surface area (Å²) in [6.07, 6.45) is 2.45. The van der Waals surface area contributed by atoms with E-state index in [4.69, 9.17) is 0 Å². The zero-order valence-electron chi connectivity index (χ0n) is 18.6. The van der Waals surface area contributed by atoms with Gasteiger partial charge in [0.15, 0.2) is 11.5 Å². The number of Topliss-reactive ketones (excluding diaryl/α,β-unsaturated/α-hetero) is 1. The molecule has 0 saturated carbocycles. The third kappa shape index (κ3) is 6.59. The van der Waals surface area contributed by atoms with Gasteiger partial charge in [0.2, 0.25) is 0 Å². The van der Waals surface area contributed by atoms with Gasteiger partial charge in [-0.25, -0.2) is 0 Å². The van der Waals surface area contributed by atoms with Gasteiger partial charge < -0.3 is 20.6 Å². The first-order chi connectivity index (χ1) is 13.3. The van der Waals surface area contributed by atoms with E-state index >= 15 is 0 Å². The fourth-order valence-corrected chi connectivity index (χ4v) is 2.66. The van der Waals surface area contributed by atoms with Crippen molar-refractivity contribution in [1.29, 1.82) is 0 Å². The maximum absolute atomic E-state index is 12.1. The number of amides is 1. The highest BCUT2D eigenvalue weighted by Gasteiger charge is 2.29. The number of para-hydroxylation sites is 1. The van der Waals surface area contributed by atoms with E-state index < -0.39 is 0 Å². The van der Waals surface area contributed by atoms with Gasteiger partial charge in [-0.3, -0.25) is 9.59 Å². The summed E-state index contributed by atoms with van der Waals surface area (Å²) < 4.78 is 0. The number of carbonyl (C=O) groups is 2. The minimum Gasteiger partial charge on any atom is -0.505 e. The summed E-state index contributed by atoms with van der Waals surface area (Å²) in [6, 6.07) is 5.16. The molecule has 6 nitrogen and oxygen atoms in total. The molecule has 1 unspecified atom stereocenters. The van der Waals surface area contributed by atoms with Crippen LogP contribution in [0, 0.1) is 0 Å². The first-order valence-electron chi connectivity index (χ1n) is 10.2. The van der Waals surface area contributed by atoms with Crippen LogP contribution in [0.1, 0.15) is 71.2 Å². The standard InChI is InChI=1S/C18H25N3O3.2C2H6/c1-5-7-11(2)19-14-10-15(22)16(14)20-13-9-6-8-12(17(13)23)18(24)21(3)4;2*1-2/h6,8-9,11,19-20,23H,5,7,10H2,1-4H3;2*1-2H3. The van der Waals surface area contributed by atoms with Gasteiger partial charge in [-0.15, -0.1) is 0 Å². The molecule has 1 aliphatic carbocycles. The number of ketones is 1. The lowest BCUT2D eigenvalue weighted by Crippen LogP contribution is -2.36. The molecule has 28 heavy (non-hydrogen) atoms. The fourth-order valence-electron chi connectivity index (χ4n) is 2.66. The number of benzene rings is 1. The largest absolute Gasteiger partial charge is 0.505 e. The van der Waals surface area contributed by atoms with E-state index in [2.05, 4.69) is 24.5 Å². The Morgan fingerprint density at radius 2 is 1.82 bits per heavy atom. The summed E-state index contributed by atoms with van der Waals surface area (Å²) >= 11 is 0. The lowest BCUT2D eigenvalue weighted by molar-refractivity contribution is -0.116. The molecular formula is C22H37N3O3. The van der Waals surface area contributed by atoms with Crippen molar-refractivity contribution in [3.63, 3.8) is 0 Å². The number of hydrogen-bond donors (Lipinski definition) is 3. The van der Waals surface area contributed by atoms with Crippen molar-refractivity contribution in [3.05, 3.63) is 35.2 Å².